The molecule has 0 atom stereocenters. The van der Waals surface area contributed by atoms with Gasteiger partial charge in [0.25, 0.3) is 0 Å². The van der Waals surface area contributed by atoms with Gasteiger partial charge in [-0.1, -0.05) is 6.07 Å². The first-order valence-electron chi connectivity index (χ1n) is 6.49. The molecule has 0 radical (unpaired) electrons. The van der Waals surface area contributed by atoms with E-state index < -0.39 is 0 Å². The largest absolute Gasteiger partial charge is 1.00 e. The zero-order valence-electron chi connectivity index (χ0n) is 11.3. The Bertz CT molecular complexity index is 326. The van der Waals surface area contributed by atoms with Crippen LogP contribution in [0.1, 0.15) is 33.1 Å². The van der Waals surface area contributed by atoms with Gasteiger partial charge in [-0.05, 0) is 20.3 Å². The zero-order valence-corrected chi connectivity index (χ0v) is 12.9. The van der Waals surface area contributed by atoms with Crippen LogP contribution in [0.2, 0.25) is 0 Å². The van der Waals surface area contributed by atoms with Crippen LogP contribution in [0.15, 0.2) is 30.6 Å². The van der Waals surface area contributed by atoms with Gasteiger partial charge >= 0.3 is 0 Å². The van der Waals surface area contributed by atoms with Crippen molar-refractivity contribution in [1.82, 2.24) is 4.90 Å². The van der Waals surface area contributed by atoms with Crippen molar-refractivity contribution < 1.29 is 26.3 Å². The summed E-state index contributed by atoms with van der Waals surface area (Å²) in [7, 11) is 0. The Morgan fingerprint density at radius 1 is 1.06 bits per heavy atom. The summed E-state index contributed by atoms with van der Waals surface area (Å²) in [5.41, 5.74) is 0. The van der Waals surface area contributed by atoms with Crippen LogP contribution in [0.4, 0.5) is 0 Å². The maximum atomic E-state index is 11.7. The Labute approximate surface area is 121 Å². The number of amides is 1. The molecule has 0 unspecified atom stereocenters. The number of rotatable bonds is 7. The number of pyridine rings is 1. The minimum absolute atomic E-state index is 0. The Morgan fingerprint density at radius 2 is 1.67 bits per heavy atom. The molecule has 1 amide bonds. The predicted molar refractivity (Wildman–Crippen MR) is 68.4 cm³/mol. The van der Waals surface area contributed by atoms with Gasteiger partial charge in [0.1, 0.15) is 6.54 Å². The Morgan fingerprint density at radius 3 is 2.22 bits per heavy atom. The van der Waals surface area contributed by atoms with E-state index in [1.54, 1.807) is 0 Å². The fraction of sp³-hybridized carbons (Fsp3) is 0.571. The third-order valence-electron chi connectivity index (χ3n) is 2.95. The molecule has 0 N–H and O–H groups in total. The van der Waals surface area contributed by atoms with E-state index in [2.05, 4.69) is 17.0 Å². The lowest BCUT2D eigenvalue weighted by molar-refractivity contribution is -0.697. The first-order chi connectivity index (χ1) is 8.27. The summed E-state index contributed by atoms with van der Waals surface area (Å²) in [5.74, 6) is 0.285. The van der Waals surface area contributed by atoms with Crippen LogP contribution in [0.3, 0.4) is 0 Å². The summed E-state index contributed by atoms with van der Waals surface area (Å²) in [6.45, 7) is 6.69. The first-order valence-corrected chi connectivity index (χ1v) is 6.49. The molecule has 4 heteroatoms. The fourth-order valence-corrected chi connectivity index (χ4v) is 1.89. The molecule has 0 saturated heterocycles. The number of carbonyl (C=O) groups is 1. The number of hydrogen-bond acceptors (Lipinski definition) is 1. The van der Waals surface area contributed by atoms with E-state index in [4.69, 9.17) is 0 Å². The smallest absolute Gasteiger partial charge is 0.222 e. The third kappa shape index (κ3) is 6.15. The van der Waals surface area contributed by atoms with E-state index in [1.807, 2.05) is 36.9 Å². The standard InChI is InChI=1S/C14H23N2O.BrH/c1-3-16(4-2)14(17)10-6-9-13-15-11-7-5-8-12-15;/h5,7-8,11-12H,3-4,6,9-10,13H2,1-2H3;1H/q+1;/p-1. The van der Waals surface area contributed by atoms with Gasteiger partial charge in [-0.25, -0.2) is 4.57 Å². The van der Waals surface area contributed by atoms with E-state index in [0.717, 1.165) is 32.5 Å². The van der Waals surface area contributed by atoms with Gasteiger partial charge in [0.2, 0.25) is 5.91 Å². The predicted octanol–water partition coefficient (Wildman–Crippen LogP) is -0.983. The second kappa shape index (κ2) is 10.1. The van der Waals surface area contributed by atoms with Gasteiger partial charge in [0.15, 0.2) is 12.4 Å². The molecule has 0 aliphatic carbocycles. The second-order valence-corrected chi connectivity index (χ2v) is 4.14. The molecular formula is C14H23BrN2O. The van der Waals surface area contributed by atoms with Gasteiger partial charge in [-0.2, -0.15) is 0 Å². The fourth-order valence-electron chi connectivity index (χ4n) is 1.89. The van der Waals surface area contributed by atoms with Crippen molar-refractivity contribution in [2.24, 2.45) is 0 Å². The van der Waals surface area contributed by atoms with Crippen LogP contribution in [0.25, 0.3) is 0 Å². The summed E-state index contributed by atoms with van der Waals surface area (Å²) < 4.78 is 2.15. The summed E-state index contributed by atoms with van der Waals surface area (Å²) in [6.07, 6.45) is 6.83. The Balaban J connectivity index is 0.00000289. The van der Waals surface area contributed by atoms with Crippen molar-refractivity contribution in [3.05, 3.63) is 30.6 Å². The minimum Gasteiger partial charge on any atom is -1.00 e. The van der Waals surface area contributed by atoms with Gasteiger partial charge in [-0.3, -0.25) is 4.79 Å². The quantitative estimate of drug-likeness (QED) is 0.469. The highest BCUT2D eigenvalue weighted by atomic mass is 79.9. The molecule has 0 saturated carbocycles. The second-order valence-electron chi connectivity index (χ2n) is 4.14. The molecule has 0 bridgehead atoms. The highest BCUT2D eigenvalue weighted by Crippen LogP contribution is 2.00. The van der Waals surface area contributed by atoms with E-state index in [9.17, 15) is 4.79 Å². The summed E-state index contributed by atoms with van der Waals surface area (Å²) >= 11 is 0. The number of halogens is 1. The minimum atomic E-state index is 0. The Kier molecular flexibility index (Phi) is 9.56. The van der Waals surface area contributed by atoms with Crippen molar-refractivity contribution >= 4 is 5.91 Å². The summed E-state index contributed by atoms with van der Waals surface area (Å²) in [5, 5.41) is 0. The van der Waals surface area contributed by atoms with Crippen LogP contribution in [0.5, 0.6) is 0 Å². The number of aryl methyl sites for hydroxylation is 1. The monoisotopic (exact) mass is 314 g/mol. The van der Waals surface area contributed by atoms with Crippen molar-refractivity contribution in [3.63, 3.8) is 0 Å². The van der Waals surface area contributed by atoms with Crippen molar-refractivity contribution in [2.45, 2.75) is 39.7 Å². The molecule has 18 heavy (non-hydrogen) atoms. The zero-order chi connectivity index (χ0) is 12.5. The molecule has 0 aromatic carbocycles. The molecule has 102 valence electrons. The molecule has 1 aromatic heterocycles. The number of unbranched alkanes of at least 4 members (excludes halogenated alkanes) is 1. The molecule has 1 aromatic rings. The van der Waals surface area contributed by atoms with Gasteiger partial charge in [-0.15, -0.1) is 0 Å². The molecule has 0 aliphatic rings. The maximum absolute atomic E-state index is 11.7. The van der Waals surface area contributed by atoms with Crippen LogP contribution < -0.4 is 21.5 Å². The van der Waals surface area contributed by atoms with Gasteiger partial charge in [0, 0.05) is 38.1 Å². The van der Waals surface area contributed by atoms with E-state index >= 15 is 0 Å². The van der Waals surface area contributed by atoms with Crippen LogP contribution in [-0.4, -0.2) is 23.9 Å². The highest BCUT2D eigenvalue weighted by molar-refractivity contribution is 5.75. The average Bonchev–Trinajstić information content (AvgIpc) is 2.37. The van der Waals surface area contributed by atoms with Crippen molar-refractivity contribution in [1.29, 1.82) is 0 Å². The molecule has 0 fully saturated rings. The van der Waals surface area contributed by atoms with E-state index in [0.29, 0.717) is 6.42 Å². The SMILES string of the molecule is CCN(CC)C(=O)CCCC[n+]1ccccc1.[Br-]. The molecule has 1 heterocycles. The summed E-state index contributed by atoms with van der Waals surface area (Å²) in [6, 6.07) is 6.07. The van der Waals surface area contributed by atoms with Crippen molar-refractivity contribution in [2.75, 3.05) is 13.1 Å². The number of carbonyl (C=O) groups excluding carboxylic acids is 1. The third-order valence-corrected chi connectivity index (χ3v) is 2.95. The molecule has 3 nitrogen and oxygen atoms in total. The van der Waals surface area contributed by atoms with Gasteiger partial charge < -0.3 is 21.9 Å². The number of hydrogen-bond donors (Lipinski definition) is 0. The first kappa shape index (κ1) is 17.1. The average molecular weight is 315 g/mol. The maximum Gasteiger partial charge on any atom is 0.222 e. The number of aromatic nitrogens is 1. The lowest BCUT2D eigenvalue weighted by atomic mass is 10.2. The molecule has 1 rings (SSSR count). The van der Waals surface area contributed by atoms with Crippen LogP contribution >= 0.6 is 0 Å². The van der Waals surface area contributed by atoms with Crippen LogP contribution in [0, 0.1) is 0 Å². The van der Waals surface area contributed by atoms with Crippen LogP contribution in [-0.2, 0) is 11.3 Å². The topological polar surface area (TPSA) is 24.2 Å². The lowest BCUT2D eigenvalue weighted by Gasteiger charge is -2.18. The normalized spacial score (nSPS) is 9.67. The van der Waals surface area contributed by atoms with Gasteiger partial charge in [0.05, 0.1) is 0 Å². The Hall–Kier alpha value is -0.900. The number of nitrogens with zero attached hydrogens (tertiary/aromatic N) is 2. The lowest BCUT2D eigenvalue weighted by Crippen LogP contribution is -3.00. The molecule has 0 spiro atoms. The molecule has 0 aliphatic heterocycles. The van der Waals surface area contributed by atoms with E-state index in [1.165, 1.54) is 0 Å². The van der Waals surface area contributed by atoms with E-state index in [-0.39, 0.29) is 22.9 Å². The summed E-state index contributed by atoms with van der Waals surface area (Å²) in [4.78, 5) is 13.6. The van der Waals surface area contributed by atoms with Crippen molar-refractivity contribution in [3.8, 4) is 0 Å². The highest BCUT2D eigenvalue weighted by Gasteiger charge is 2.09. The molecular weight excluding hydrogens is 292 g/mol.